The number of rotatable bonds is 6. The van der Waals surface area contributed by atoms with Gasteiger partial charge in [-0.3, -0.25) is 19.6 Å². The van der Waals surface area contributed by atoms with E-state index in [2.05, 4.69) is 20.9 Å². The quantitative estimate of drug-likeness (QED) is 0.762. The van der Waals surface area contributed by atoms with Gasteiger partial charge in [-0.05, 0) is 18.1 Å². The lowest BCUT2D eigenvalue weighted by molar-refractivity contribution is -0.133. The van der Waals surface area contributed by atoms with Gasteiger partial charge < -0.3 is 9.64 Å². The summed E-state index contributed by atoms with van der Waals surface area (Å²) < 4.78 is 5.08. The standard InChI is InChI=1S/C17H26N4O2/c1-23-12-11-21-6-4-16(17(21)22)20-9-7-19(8-10-20)14-15-3-2-5-18-13-15/h2-3,5,13,16H,4,6-12,14H2,1H3. The van der Waals surface area contributed by atoms with Crippen LogP contribution in [0.1, 0.15) is 12.0 Å². The fourth-order valence-electron chi connectivity index (χ4n) is 3.47. The van der Waals surface area contributed by atoms with Crippen LogP contribution in [0.3, 0.4) is 0 Å². The zero-order chi connectivity index (χ0) is 16.1. The Morgan fingerprint density at radius 1 is 1.26 bits per heavy atom. The third-order valence-electron chi connectivity index (χ3n) is 4.81. The van der Waals surface area contributed by atoms with Crippen molar-refractivity contribution in [2.24, 2.45) is 0 Å². The third-order valence-corrected chi connectivity index (χ3v) is 4.81. The van der Waals surface area contributed by atoms with E-state index in [4.69, 9.17) is 4.74 Å². The lowest BCUT2D eigenvalue weighted by atomic mass is 10.1. The third kappa shape index (κ3) is 4.07. The molecule has 0 aliphatic carbocycles. The van der Waals surface area contributed by atoms with Gasteiger partial charge in [0, 0.05) is 65.3 Å². The molecule has 0 aromatic carbocycles. The van der Waals surface area contributed by atoms with E-state index in [9.17, 15) is 4.79 Å². The Morgan fingerprint density at radius 3 is 2.78 bits per heavy atom. The first-order valence-corrected chi connectivity index (χ1v) is 8.41. The summed E-state index contributed by atoms with van der Waals surface area (Å²) >= 11 is 0. The van der Waals surface area contributed by atoms with E-state index >= 15 is 0 Å². The maximum Gasteiger partial charge on any atom is 0.240 e. The molecule has 1 amide bonds. The summed E-state index contributed by atoms with van der Waals surface area (Å²) in [6.45, 7) is 7.10. The summed E-state index contributed by atoms with van der Waals surface area (Å²) in [6, 6.07) is 4.18. The van der Waals surface area contributed by atoms with Crippen LogP contribution < -0.4 is 0 Å². The molecule has 126 valence electrons. The van der Waals surface area contributed by atoms with Gasteiger partial charge in [0.25, 0.3) is 0 Å². The van der Waals surface area contributed by atoms with E-state index in [1.54, 1.807) is 7.11 Å². The molecule has 2 fully saturated rings. The number of likely N-dealkylation sites (tertiary alicyclic amines) is 1. The number of carbonyl (C=O) groups excluding carboxylic acids is 1. The number of nitrogens with zero attached hydrogens (tertiary/aromatic N) is 4. The van der Waals surface area contributed by atoms with E-state index in [-0.39, 0.29) is 11.9 Å². The summed E-state index contributed by atoms with van der Waals surface area (Å²) in [5, 5.41) is 0. The Morgan fingerprint density at radius 2 is 2.09 bits per heavy atom. The molecule has 0 radical (unpaired) electrons. The van der Waals surface area contributed by atoms with Crippen molar-refractivity contribution < 1.29 is 9.53 Å². The SMILES string of the molecule is COCCN1CCC(N2CCN(Cc3cccnc3)CC2)C1=O. The maximum absolute atomic E-state index is 12.5. The lowest BCUT2D eigenvalue weighted by Crippen LogP contribution is -2.52. The first-order chi connectivity index (χ1) is 11.3. The molecule has 1 aromatic heterocycles. The molecule has 0 N–H and O–H groups in total. The summed E-state index contributed by atoms with van der Waals surface area (Å²) in [5.41, 5.74) is 1.25. The first kappa shape index (κ1) is 16.4. The van der Waals surface area contributed by atoms with Gasteiger partial charge >= 0.3 is 0 Å². The van der Waals surface area contributed by atoms with Crippen molar-refractivity contribution in [2.75, 3.05) is 53.0 Å². The number of carbonyl (C=O) groups is 1. The van der Waals surface area contributed by atoms with Crippen LogP contribution in [0, 0.1) is 0 Å². The molecule has 3 rings (SSSR count). The van der Waals surface area contributed by atoms with Gasteiger partial charge in [-0.1, -0.05) is 6.07 Å². The van der Waals surface area contributed by atoms with E-state index in [1.807, 2.05) is 23.4 Å². The highest BCUT2D eigenvalue weighted by Gasteiger charge is 2.36. The highest BCUT2D eigenvalue weighted by atomic mass is 16.5. The molecule has 2 saturated heterocycles. The highest BCUT2D eigenvalue weighted by Crippen LogP contribution is 2.19. The number of amides is 1. The van der Waals surface area contributed by atoms with Crippen LogP contribution in [0.2, 0.25) is 0 Å². The molecule has 3 heterocycles. The number of pyridine rings is 1. The molecule has 2 aliphatic heterocycles. The molecule has 6 nitrogen and oxygen atoms in total. The minimum absolute atomic E-state index is 0.0763. The van der Waals surface area contributed by atoms with E-state index < -0.39 is 0 Å². The molecule has 0 saturated carbocycles. The van der Waals surface area contributed by atoms with E-state index in [1.165, 1.54) is 5.56 Å². The number of hydrogen-bond acceptors (Lipinski definition) is 5. The van der Waals surface area contributed by atoms with Gasteiger partial charge in [0.15, 0.2) is 0 Å². The Hall–Kier alpha value is -1.50. The van der Waals surface area contributed by atoms with Gasteiger partial charge in [0.05, 0.1) is 12.6 Å². The fourth-order valence-corrected chi connectivity index (χ4v) is 3.47. The number of ether oxygens (including phenoxy) is 1. The van der Waals surface area contributed by atoms with Crippen LogP contribution in [0.25, 0.3) is 0 Å². The largest absolute Gasteiger partial charge is 0.383 e. The molecule has 6 heteroatoms. The maximum atomic E-state index is 12.5. The molecule has 1 unspecified atom stereocenters. The summed E-state index contributed by atoms with van der Waals surface area (Å²) in [5.74, 6) is 0.280. The monoisotopic (exact) mass is 318 g/mol. The molecule has 0 bridgehead atoms. The Bertz CT molecular complexity index is 503. The molecule has 23 heavy (non-hydrogen) atoms. The predicted octanol–water partition coefficient (Wildman–Crippen LogP) is 0.447. The fraction of sp³-hybridized carbons (Fsp3) is 0.647. The second-order valence-electron chi connectivity index (χ2n) is 6.30. The number of methoxy groups -OCH3 is 1. The van der Waals surface area contributed by atoms with Crippen molar-refractivity contribution in [3.8, 4) is 0 Å². The van der Waals surface area contributed by atoms with Gasteiger partial charge in [-0.2, -0.15) is 0 Å². The van der Waals surface area contributed by atoms with Crippen molar-refractivity contribution in [1.29, 1.82) is 0 Å². The Kier molecular flexibility index (Phi) is 5.59. The summed E-state index contributed by atoms with van der Waals surface area (Å²) in [7, 11) is 1.68. The zero-order valence-electron chi connectivity index (χ0n) is 13.9. The van der Waals surface area contributed by atoms with Crippen LogP contribution >= 0.6 is 0 Å². The van der Waals surface area contributed by atoms with Crippen LogP contribution in [-0.4, -0.2) is 84.6 Å². The topological polar surface area (TPSA) is 48.9 Å². The van der Waals surface area contributed by atoms with E-state index in [0.29, 0.717) is 13.2 Å². The smallest absolute Gasteiger partial charge is 0.240 e. The average Bonchev–Trinajstić information content (AvgIpc) is 2.95. The van der Waals surface area contributed by atoms with Crippen LogP contribution in [0.15, 0.2) is 24.5 Å². The van der Waals surface area contributed by atoms with Crippen molar-refractivity contribution >= 4 is 5.91 Å². The summed E-state index contributed by atoms with van der Waals surface area (Å²) in [6.07, 6.45) is 4.69. The normalized spacial score (nSPS) is 23.6. The average molecular weight is 318 g/mol. The van der Waals surface area contributed by atoms with Crippen molar-refractivity contribution in [3.63, 3.8) is 0 Å². The van der Waals surface area contributed by atoms with Gasteiger partial charge in [-0.25, -0.2) is 0 Å². The number of hydrogen-bond donors (Lipinski definition) is 0. The molecule has 1 aromatic rings. The van der Waals surface area contributed by atoms with Crippen molar-refractivity contribution in [3.05, 3.63) is 30.1 Å². The van der Waals surface area contributed by atoms with Gasteiger partial charge in [0.1, 0.15) is 0 Å². The van der Waals surface area contributed by atoms with Crippen LogP contribution in [0.5, 0.6) is 0 Å². The Balaban J connectivity index is 1.47. The summed E-state index contributed by atoms with van der Waals surface area (Å²) in [4.78, 5) is 23.4. The molecule has 0 spiro atoms. The number of aromatic nitrogens is 1. The van der Waals surface area contributed by atoms with Gasteiger partial charge in [0.2, 0.25) is 5.91 Å². The second-order valence-corrected chi connectivity index (χ2v) is 6.30. The number of piperazine rings is 1. The minimum Gasteiger partial charge on any atom is -0.383 e. The predicted molar refractivity (Wildman–Crippen MR) is 87.9 cm³/mol. The van der Waals surface area contributed by atoms with Crippen molar-refractivity contribution in [2.45, 2.75) is 19.0 Å². The second kappa shape index (κ2) is 7.86. The molecular weight excluding hydrogens is 292 g/mol. The molecule has 1 atom stereocenters. The van der Waals surface area contributed by atoms with E-state index in [0.717, 1.165) is 45.7 Å². The van der Waals surface area contributed by atoms with Crippen LogP contribution in [-0.2, 0) is 16.1 Å². The van der Waals surface area contributed by atoms with Gasteiger partial charge in [-0.15, -0.1) is 0 Å². The first-order valence-electron chi connectivity index (χ1n) is 8.41. The molecule has 2 aliphatic rings. The zero-order valence-corrected chi connectivity index (χ0v) is 13.9. The van der Waals surface area contributed by atoms with Crippen LogP contribution in [0.4, 0.5) is 0 Å². The lowest BCUT2D eigenvalue weighted by Gasteiger charge is -2.37. The Labute approximate surface area is 138 Å². The highest BCUT2D eigenvalue weighted by molar-refractivity contribution is 5.84. The minimum atomic E-state index is 0.0763. The molecular formula is C17H26N4O2. The van der Waals surface area contributed by atoms with Crippen molar-refractivity contribution in [1.82, 2.24) is 19.7 Å².